The highest BCUT2D eigenvalue weighted by molar-refractivity contribution is 5.89. The second kappa shape index (κ2) is 6.25. The monoisotopic (exact) mass is 236 g/mol. The summed E-state index contributed by atoms with van der Waals surface area (Å²) in [6, 6.07) is 9.30. The van der Waals surface area contributed by atoms with Gasteiger partial charge in [-0.2, -0.15) is 0 Å². The highest BCUT2D eigenvalue weighted by Crippen LogP contribution is 2.04. The molecule has 2 N–H and O–H groups in total. The molecule has 1 aromatic rings. The van der Waals surface area contributed by atoms with Gasteiger partial charge in [0.05, 0.1) is 27.7 Å². The summed E-state index contributed by atoms with van der Waals surface area (Å²) in [5.74, 6) is 0. The van der Waals surface area contributed by atoms with Crippen molar-refractivity contribution in [2.45, 2.75) is 6.42 Å². The molecule has 0 bridgehead atoms. The lowest BCUT2D eigenvalue weighted by Gasteiger charge is -2.23. The molecule has 0 aliphatic carbocycles. The Bertz CT molecular complexity index is 343. The number of para-hydroxylation sites is 1. The fraction of sp³-hybridized carbons (Fsp3) is 0.462. The van der Waals surface area contributed by atoms with E-state index in [1.54, 1.807) is 0 Å². The number of carbonyl (C=O) groups is 1. The van der Waals surface area contributed by atoms with E-state index in [1.165, 1.54) is 0 Å². The number of hydrogen-bond donors (Lipinski definition) is 2. The number of carbonyl (C=O) groups excluding carboxylic acids is 1. The van der Waals surface area contributed by atoms with Gasteiger partial charge in [-0.1, -0.05) is 18.2 Å². The Morgan fingerprint density at radius 1 is 1.18 bits per heavy atom. The van der Waals surface area contributed by atoms with Crippen LogP contribution in [-0.2, 0) is 0 Å². The molecule has 0 radical (unpaired) electrons. The molecule has 94 valence electrons. The van der Waals surface area contributed by atoms with Crippen LogP contribution in [-0.4, -0.2) is 44.7 Å². The number of amides is 2. The summed E-state index contributed by atoms with van der Waals surface area (Å²) in [5.41, 5.74) is 0.816. The van der Waals surface area contributed by atoms with Gasteiger partial charge in [0.15, 0.2) is 0 Å². The van der Waals surface area contributed by atoms with Crippen LogP contribution in [0, 0.1) is 0 Å². The van der Waals surface area contributed by atoms with E-state index < -0.39 is 0 Å². The number of benzene rings is 1. The van der Waals surface area contributed by atoms with Gasteiger partial charge < -0.3 is 15.1 Å². The predicted octanol–water partition coefficient (Wildman–Crippen LogP) is 1.90. The lowest BCUT2D eigenvalue weighted by Crippen LogP contribution is -2.38. The van der Waals surface area contributed by atoms with Gasteiger partial charge in [-0.15, -0.1) is 0 Å². The van der Waals surface area contributed by atoms with Crippen molar-refractivity contribution in [1.82, 2.24) is 5.32 Å². The first kappa shape index (κ1) is 13.5. The molecule has 0 fully saturated rings. The zero-order valence-electron chi connectivity index (χ0n) is 10.9. The molecule has 1 aromatic carbocycles. The molecule has 0 aliphatic rings. The van der Waals surface area contributed by atoms with Crippen LogP contribution < -0.4 is 10.6 Å². The van der Waals surface area contributed by atoms with Crippen LogP contribution in [0.2, 0.25) is 0 Å². The molecule has 0 aromatic heterocycles. The van der Waals surface area contributed by atoms with Crippen molar-refractivity contribution in [2.75, 3.05) is 39.5 Å². The number of quaternary nitrogens is 1. The molecule has 0 unspecified atom stereocenters. The van der Waals surface area contributed by atoms with Crippen molar-refractivity contribution in [3.63, 3.8) is 0 Å². The van der Waals surface area contributed by atoms with Crippen LogP contribution in [0.3, 0.4) is 0 Å². The minimum Gasteiger partial charge on any atom is -0.338 e. The van der Waals surface area contributed by atoms with Crippen LogP contribution in [0.5, 0.6) is 0 Å². The van der Waals surface area contributed by atoms with Gasteiger partial charge in [-0.3, -0.25) is 0 Å². The van der Waals surface area contributed by atoms with Crippen molar-refractivity contribution >= 4 is 11.7 Å². The number of hydrogen-bond acceptors (Lipinski definition) is 1. The summed E-state index contributed by atoms with van der Waals surface area (Å²) in [7, 11) is 6.43. The molecule has 17 heavy (non-hydrogen) atoms. The molecule has 0 heterocycles. The third kappa shape index (κ3) is 6.58. The van der Waals surface area contributed by atoms with Crippen LogP contribution >= 0.6 is 0 Å². The fourth-order valence-corrected chi connectivity index (χ4v) is 1.45. The van der Waals surface area contributed by atoms with Crippen molar-refractivity contribution in [1.29, 1.82) is 0 Å². The molecule has 1 rings (SSSR count). The third-order valence-electron chi connectivity index (χ3n) is 2.32. The first-order valence-electron chi connectivity index (χ1n) is 5.88. The summed E-state index contributed by atoms with van der Waals surface area (Å²) < 4.78 is 0.919. The van der Waals surface area contributed by atoms with Crippen LogP contribution in [0.15, 0.2) is 30.3 Å². The Hall–Kier alpha value is -1.55. The van der Waals surface area contributed by atoms with E-state index in [0.29, 0.717) is 6.54 Å². The van der Waals surface area contributed by atoms with Crippen LogP contribution in [0.25, 0.3) is 0 Å². The second-order valence-corrected chi connectivity index (χ2v) is 5.11. The lowest BCUT2D eigenvalue weighted by molar-refractivity contribution is -0.870. The number of rotatable bonds is 5. The van der Waals surface area contributed by atoms with Crippen molar-refractivity contribution in [3.05, 3.63) is 30.3 Å². The zero-order chi connectivity index (χ0) is 12.7. The Balaban J connectivity index is 2.18. The third-order valence-corrected chi connectivity index (χ3v) is 2.32. The average molecular weight is 236 g/mol. The lowest BCUT2D eigenvalue weighted by atomic mass is 10.3. The SMILES string of the molecule is C[N+](C)(C)CCCNC(=O)Nc1ccccc1. The molecule has 4 heteroatoms. The van der Waals surface area contributed by atoms with Gasteiger partial charge in [0.25, 0.3) is 0 Å². The maximum Gasteiger partial charge on any atom is 0.319 e. The van der Waals surface area contributed by atoms with E-state index in [2.05, 4.69) is 31.8 Å². The number of nitrogens with zero attached hydrogens (tertiary/aromatic N) is 1. The normalized spacial score (nSPS) is 11.0. The summed E-state index contributed by atoms with van der Waals surface area (Å²) in [6.07, 6.45) is 0.978. The molecule has 0 aliphatic heterocycles. The molecule has 0 atom stereocenters. The standard InChI is InChI=1S/C13H21N3O/c1-16(2,3)11-7-10-14-13(17)15-12-8-5-4-6-9-12/h4-6,8-9H,7,10-11H2,1-3H3,(H-,14,15,17)/p+1. The Morgan fingerprint density at radius 3 is 2.41 bits per heavy atom. The van der Waals surface area contributed by atoms with Crippen LogP contribution in [0.1, 0.15) is 6.42 Å². The molecule has 0 spiro atoms. The summed E-state index contributed by atoms with van der Waals surface area (Å²) in [5, 5.41) is 5.63. The van der Waals surface area contributed by atoms with Gasteiger partial charge in [-0.05, 0) is 12.1 Å². The maximum atomic E-state index is 11.5. The Kier molecular flexibility index (Phi) is 4.97. The highest BCUT2D eigenvalue weighted by Gasteiger charge is 2.06. The van der Waals surface area contributed by atoms with E-state index in [0.717, 1.165) is 23.1 Å². The minimum atomic E-state index is -0.141. The van der Waals surface area contributed by atoms with Gasteiger partial charge in [0, 0.05) is 18.7 Å². The van der Waals surface area contributed by atoms with Gasteiger partial charge in [0.1, 0.15) is 0 Å². The molecule has 0 saturated heterocycles. The number of anilines is 1. The molecule has 0 saturated carbocycles. The summed E-state index contributed by atoms with van der Waals surface area (Å²) in [6.45, 7) is 1.75. The second-order valence-electron chi connectivity index (χ2n) is 5.11. The summed E-state index contributed by atoms with van der Waals surface area (Å²) in [4.78, 5) is 11.5. The smallest absolute Gasteiger partial charge is 0.319 e. The molecular formula is C13H22N3O+. The summed E-state index contributed by atoms with van der Waals surface area (Å²) >= 11 is 0. The maximum absolute atomic E-state index is 11.5. The van der Waals surface area contributed by atoms with E-state index in [-0.39, 0.29) is 6.03 Å². The van der Waals surface area contributed by atoms with Gasteiger partial charge >= 0.3 is 6.03 Å². The molecule has 4 nitrogen and oxygen atoms in total. The Labute approximate surface area is 103 Å². The number of urea groups is 1. The van der Waals surface area contributed by atoms with Crippen LogP contribution in [0.4, 0.5) is 10.5 Å². The highest BCUT2D eigenvalue weighted by atomic mass is 16.2. The van der Waals surface area contributed by atoms with E-state index >= 15 is 0 Å². The predicted molar refractivity (Wildman–Crippen MR) is 71.0 cm³/mol. The van der Waals surface area contributed by atoms with Crippen molar-refractivity contribution in [3.8, 4) is 0 Å². The topological polar surface area (TPSA) is 41.1 Å². The zero-order valence-corrected chi connectivity index (χ0v) is 10.9. The largest absolute Gasteiger partial charge is 0.338 e. The molecule has 2 amide bonds. The quantitative estimate of drug-likeness (QED) is 0.595. The number of nitrogens with one attached hydrogen (secondary N) is 2. The van der Waals surface area contributed by atoms with Crippen molar-refractivity contribution in [2.24, 2.45) is 0 Å². The van der Waals surface area contributed by atoms with Crippen molar-refractivity contribution < 1.29 is 9.28 Å². The van der Waals surface area contributed by atoms with E-state index in [9.17, 15) is 4.79 Å². The average Bonchev–Trinajstić information content (AvgIpc) is 2.25. The molecular weight excluding hydrogens is 214 g/mol. The van der Waals surface area contributed by atoms with E-state index in [4.69, 9.17) is 0 Å². The fourth-order valence-electron chi connectivity index (χ4n) is 1.45. The Morgan fingerprint density at radius 2 is 1.82 bits per heavy atom. The first-order chi connectivity index (χ1) is 7.97. The van der Waals surface area contributed by atoms with Gasteiger partial charge in [-0.25, -0.2) is 4.79 Å². The first-order valence-corrected chi connectivity index (χ1v) is 5.88. The van der Waals surface area contributed by atoms with Gasteiger partial charge in [0.2, 0.25) is 0 Å². The van der Waals surface area contributed by atoms with E-state index in [1.807, 2.05) is 30.3 Å². The minimum absolute atomic E-state index is 0.141.